The van der Waals surface area contributed by atoms with Gasteiger partial charge >= 0.3 is 0 Å². The Bertz CT molecular complexity index is 462. The number of benzene rings is 1. The maximum absolute atomic E-state index is 12.1. The van der Waals surface area contributed by atoms with Gasteiger partial charge in [-0.1, -0.05) is 28.1 Å². The molecule has 0 spiro atoms. The molecule has 1 aliphatic heterocycles. The lowest BCUT2D eigenvalue weighted by molar-refractivity contribution is -0.127. The van der Waals surface area contributed by atoms with Gasteiger partial charge in [0.15, 0.2) is 0 Å². The first-order chi connectivity index (χ1) is 9.54. The second-order valence-electron chi connectivity index (χ2n) is 5.87. The van der Waals surface area contributed by atoms with Gasteiger partial charge in [-0.15, -0.1) is 0 Å². The zero-order valence-electron chi connectivity index (χ0n) is 12.2. The zero-order valence-corrected chi connectivity index (χ0v) is 13.8. The molecule has 2 rings (SSSR count). The van der Waals surface area contributed by atoms with Gasteiger partial charge in [-0.05, 0) is 50.9 Å². The fourth-order valence-corrected chi connectivity index (χ4v) is 3.16. The standard InChI is InChI=1S/C16H23BrN2O/c1-12(2)18-16(20)14-6-4-8-19(11-14)10-13-5-3-7-15(17)9-13/h3,5,7,9,12,14H,4,6,8,10-11H2,1-2H3,(H,18,20). The van der Waals surface area contributed by atoms with Crippen molar-refractivity contribution in [3.63, 3.8) is 0 Å². The Balaban J connectivity index is 1.92. The molecule has 1 amide bonds. The van der Waals surface area contributed by atoms with E-state index in [2.05, 4.69) is 44.3 Å². The van der Waals surface area contributed by atoms with Crippen LogP contribution >= 0.6 is 15.9 Å². The first-order valence-corrected chi connectivity index (χ1v) is 8.11. The third kappa shape index (κ3) is 4.60. The van der Waals surface area contributed by atoms with Crippen LogP contribution in [0.2, 0.25) is 0 Å². The fraction of sp³-hybridized carbons (Fsp3) is 0.562. The molecule has 1 heterocycles. The van der Waals surface area contributed by atoms with Crippen LogP contribution in [0.1, 0.15) is 32.3 Å². The molecule has 20 heavy (non-hydrogen) atoms. The first kappa shape index (κ1) is 15.5. The molecule has 1 N–H and O–H groups in total. The van der Waals surface area contributed by atoms with E-state index in [9.17, 15) is 4.79 Å². The minimum Gasteiger partial charge on any atom is -0.354 e. The van der Waals surface area contributed by atoms with E-state index in [1.165, 1.54) is 5.56 Å². The third-order valence-electron chi connectivity index (χ3n) is 3.60. The van der Waals surface area contributed by atoms with Crippen LogP contribution in [0.5, 0.6) is 0 Å². The summed E-state index contributed by atoms with van der Waals surface area (Å²) >= 11 is 3.51. The molecule has 4 heteroatoms. The van der Waals surface area contributed by atoms with Crippen molar-refractivity contribution >= 4 is 21.8 Å². The van der Waals surface area contributed by atoms with Crippen molar-refractivity contribution in [2.24, 2.45) is 5.92 Å². The molecule has 1 unspecified atom stereocenters. The zero-order chi connectivity index (χ0) is 14.5. The summed E-state index contributed by atoms with van der Waals surface area (Å²) < 4.78 is 1.11. The number of carbonyl (C=O) groups excluding carboxylic acids is 1. The third-order valence-corrected chi connectivity index (χ3v) is 4.10. The number of amides is 1. The van der Waals surface area contributed by atoms with Crippen molar-refractivity contribution < 1.29 is 4.79 Å². The molecule has 0 bridgehead atoms. The van der Waals surface area contributed by atoms with Crippen LogP contribution in [0.25, 0.3) is 0 Å². The molecule has 1 aromatic rings. The number of likely N-dealkylation sites (tertiary alicyclic amines) is 1. The maximum Gasteiger partial charge on any atom is 0.224 e. The molecule has 0 saturated carbocycles. The largest absolute Gasteiger partial charge is 0.354 e. The van der Waals surface area contributed by atoms with Gasteiger partial charge in [0, 0.05) is 23.6 Å². The lowest BCUT2D eigenvalue weighted by atomic mass is 9.96. The minimum absolute atomic E-state index is 0.137. The number of nitrogens with zero attached hydrogens (tertiary/aromatic N) is 1. The lowest BCUT2D eigenvalue weighted by Crippen LogP contribution is -2.44. The number of hydrogen-bond acceptors (Lipinski definition) is 2. The summed E-state index contributed by atoms with van der Waals surface area (Å²) in [4.78, 5) is 14.5. The predicted octanol–water partition coefficient (Wildman–Crippen LogP) is 3.19. The second-order valence-corrected chi connectivity index (χ2v) is 6.78. The van der Waals surface area contributed by atoms with Gasteiger partial charge < -0.3 is 5.32 Å². The van der Waals surface area contributed by atoms with Gasteiger partial charge in [0.1, 0.15) is 0 Å². The Morgan fingerprint density at radius 3 is 3.00 bits per heavy atom. The van der Waals surface area contributed by atoms with Crippen molar-refractivity contribution in [1.29, 1.82) is 0 Å². The van der Waals surface area contributed by atoms with E-state index >= 15 is 0 Å². The van der Waals surface area contributed by atoms with E-state index in [1.807, 2.05) is 19.9 Å². The van der Waals surface area contributed by atoms with Crippen molar-refractivity contribution in [3.8, 4) is 0 Å². The number of rotatable bonds is 4. The summed E-state index contributed by atoms with van der Waals surface area (Å²) in [5.41, 5.74) is 1.30. The molecule has 110 valence electrons. The molecule has 1 aromatic carbocycles. The summed E-state index contributed by atoms with van der Waals surface area (Å²) in [6.07, 6.45) is 2.11. The molecule has 1 fully saturated rings. The Labute approximate surface area is 129 Å². The van der Waals surface area contributed by atoms with Gasteiger partial charge in [0.2, 0.25) is 5.91 Å². The summed E-state index contributed by atoms with van der Waals surface area (Å²) in [5, 5.41) is 3.03. The highest BCUT2D eigenvalue weighted by atomic mass is 79.9. The van der Waals surface area contributed by atoms with E-state index in [-0.39, 0.29) is 17.9 Å². The molecule has 1 saturated heterocycles. The first-order valence-electron chi connectivity index (χ1n) is 7.32. The normalized spacial score (nSPS) is 20.1. The average Bonchev–Trinajstić information content (AvgIpc) is 2.38. The van der Waals surface area contributed by atoms with Crippen LogP contribution in [0.3, 0.4) is 0 Å². The molecular formula is C16H23BrN2O. The van der Waals surface area contributed by atoms with Crippen LogP contribution in [0.4, 0.5) is 0 Å². The fourth-order valence-electron chi connectivity index (χ4n) is 2.71. The molecule has 3 nitrogen and oxygen atoms in total. The van der Waals surface area contributed by atoms with Gasteiger partial charge in [-0.25, -0.2) is 0 Å². The van der Waals surface area contributed by atoms with Gasteiger partial charge in [0.05, 0.1) is 5.92 Å². The predicted molar refractivity (Wildman–Crippen MR) is 85.4 cm³/mol. The van der Waals surface area contributed by atoms with E-state index in [1.54, 1.807) is 0 Å². The highest BCUT2D eigenvalue weighted by Gasteiger charge is 2.25. The summed E-state index contributed by atoms with van der Waals surface area (Å²) in [5.74, 6) is 0.345. The summed E-state index contributed by atoms with van der Waals surface area (Å²) in [6, 6.07) is 8.62. The number of nitrogens with one attached hydrogen (secondary N) is 1. The Kier molecular flexibility index (Phi) is 5.61. The Morgan fingerprint density at radius 2 is 2.30 bits per heavy atom. The molecule has 1 atom stereocenters. The van der Waals surface area contributed by atoms with Gasteiger partial charge in [-0.3, -0.25) is 9.69 Å². The Morgan fingerprint density at radius 1 is 1.50 bits per heavy atom. The van der Waals surface area contributed by atoms with E-state index in [0.29, 0.717) is 0 Å². The topological polar surface area (TPSA) is 32.3 Å². The van der Waals surface area contributed by atoms with Crippen LogP contribution in [-0.4, -0.2) is 29.9 Å². The van der Waals surface area contributed by atoms with Crippen LogP contribution in [0.15, 0.2) is 28.7 Å². The lowest BCUT2D eigenvalue weighted by Gasteiger charge is -2.32. The van der Waals surface area contributed by atoms with E-state index < -0.39 is 0 Å². The molecule has 0 aliphatic carbocycles. The van der Waals surface area contributed by atoms with Crippen LogP contribution in [-0.2, 0) is 11.3 Å². The van der Waals surface area contributed by atoms with Gasteiger partial charge in [-0.2, -0.15) is 0 Å². The monoisotopic (exact) mass is 338 g/mol. The second kappa shape index (κ2) is 7.23. The van der Waals surface area contributed by atoms with Crippen molar-refractivity contribution in [1.82, 2.24) is 10.2 Å². The average molecular weight is 339 g/mol. The minimum atomic E-state index is 0.137. The molecule has 0 aromatic heterocycles. The number of piperidine rings is 1. The number of carbonyl (C=O) groups is 1. The Hall–Kier alpha value is -0.870. The van der Waals surface area contributed by atoms with Crippen molar-refractivity contribution in [2.45, 2.75) is 39.3 Å². The number of hydrogen-bond donors (Lipinski definition) is 1. The van der Waals surface area contributed by atoms with E-state index in [0.717, 1.165) is 36.9 Å². The maximum atomic E-state index is 12.1. The summed E-state index contributed by atoms with van der Waals surface area (Å²) in [7, 11) is 0. The number of halogens is 1. The summed E-state index contributed by atoms with van der Waals surface area (Å²) in [6.45, 7) is 6.90. The smallest absolute Gasteiger partial charge is 0.224 e. The van der Waals surface area contributed by atoms with Crippen molar-refractivity contribution in [3.05, 3.63) is 34.3 Å². The van der Waals surface area contributed by atoms with Crippen LogP contribution < -0.4 is 5.32 Å². The highest BCUT2D eigenvalue weighted by molar-refractivity contribution is 9.10. The quantitative estimate of drug-likeness (QED) is 0.914. The van der Waals surface area contributed by atoms with E-state index in [4.69, 9.17) is 0 Å². The molecule has 1 aliphatic rings. The van der Waals surface area contributed by atoms with Crippen molar-refractivity contribution in [2.75, 3.05) is 13.1 Å². The van der Waals surface area contributed by atoms with Gasteiger partial charge in [0.25, 0.3) is 0 Å². The highest BCUT2D eigenvalue weighted by Crippen LogP contribution is 2.20. The SMILES string of the molecule is CC(C)NC(=O)C1CCCN(Cc2cccc(Br)c2)C1. The molecular weight excluding hydrogens is 316 g/mol. The van der Waals surface area contributed by atoms with Crippen LogP contribution in [0, 0.1) is 5.92 Å². The molecule has 0 radical (unpaired) electrons.